The highest BCUT2D eigenvalue weighted by molar-refractivity contribution is 6.30. The Morgan fingerprint density at radius 1 is 0.917 bits per heavy atom. The highest BCUT2D eigenvalue weighted by atomic mass is 35.5. The number of para-hydroxylation sites is 1. The molecule has 0 fully saturated rings. The lowest BCUT2D eigenvalue weighted by molar-refractivity contribution is -0.369. The predicted molar refractivity (Wildman–Crippen MR) is 126 cm³/mol. The van der Waals surface area contributed by atoms with Gasteiger partial charge in [0.2, 0.25) is 11.6 Å². The smallest absolute Gasteiger partial charge is 0.325 e. The number of amides is 2. The summed E-state index contributed by atoms with van der Waals surface area (Å²) in [5.74, 6) is -1.88. The van der Waals surface area contributed by atoms with Crippen molar-refractivity contribution in [2.75, 3.05) is 17.2 Å². The van der Waals surface area contributed by atoms with E-state index in [1.165, 1.54) is 54.6 Å². The van der Waals surface area contributed by atoms with Gasteiger partial charge in [0.25, 0.3) is 5.91 Å². The molecule has 0 bridgehead atoms. The molecule has 186 valence electrons. The Kier molecular flexibility index (Phi) is 8.63. The lowest BCUT2D eigenvalue weighted by Crippen LogP contribution is -2.61. The maximum Gasteiger partial charge on any atom is 0.524 e. The molecule has 12 heteroatoms. The van der Waals surface area contributed by atoms with Gasteiger partial charge in [-0.2, -0.15) is 5.26 Å². The van der Waals surface area contributed by atoms with Crippen molar-refractivity contribution in [1.82, 2.24) is 10.9 Å². The lowest BCUT2D eigenvalue weighted by Gasteiger charge is -2.34. The Bertz CT molecular complexity index is 1250. The topological polar surface area (TPSA) is 115 Å². The molecule has 2 amide bonds. The molecule has 3 rings (SSSR count). The number of nitrogens with zero attached hydrogens (tertiary/aromatic N) is 1. The largest absolute Gasteiger partial charge is 0.524 e. The third-order valence-corrected chi connectivity index (χ3v) is 4.90. The second-order valence-corrected chi connectivity index (χ2v) is 7.71. The number of carbonyl (C=O) groups is 2. The highest BCUT2D eigenvalue weighted by Crippen LogP contribution is 2.33. The molecular weight excluding hydrogens is 499 g/mol. The number of alkyl halides is 3. The van der Waals surface area contributed by atoms with E-state index in [2.05, 4.69) is 26.2 Å². The predicted octanol–water partition coefficient (Wildman–Crippen LogP) is 4.27. The minimum atomic E-state index is -5.27. The average Bonchev–Trinajstić information content (AvgIpc) is 2.83. The van der Waals surface area contributed by atoms with Crippen molar-refractivity contribution in [1.29, 1.82) is 5.26 Å². The number of rotatable bonds is 9. The molecule has 0 aromatic heterocycles. The van der Waals surface area contributed by atoms with E-state index in [0.29, 0.717) is 11.3 Å². The van der Waals surface area contributed by atoms with Crippen LogP contribution in [0.25, 0.3) is 0 Å². The Balaban J connectivity index is 1.85. The van der Waals surface area contributed by atoms with Gasteiger partial charge in [-0.3, -0.25) is 14.3 Å². The Morgan fingerprint density at radius 3 is 2.19 bits per heavy atom. The molecule has 0 aliphatic rings. The van der Waals surface area contributed by atoms with Crippen LogP contribution in [-0.2, 0) is 20.1 Å². The second kappa shape index (κ2) is 11.7. The lowest BCUT2D eigenvalue weighted by atomic mass is 10.0. The van der Waals surface area contributed by atoms with Crippen molar-refractivity contribution in [3.63, 3.8) is 0 Å². The number of ether oxygens (including phenoxy) is 1. The first-order chi connectivity index (χ1) is 17.1. The standard InChI is InChI=1S/C24H19ClF3N5O3/c25-18-6-4-5-17(13-18)23(36-24(26,27)28,22(35)32-19-7-2-1-3-8-19)33-30-15-21(34)31-20-11-9-16(14-29)10-12-20/h1-13,30,33H,15H2,(H,31,34)(H,32,35). The molecule has 4 N–H and O–H groups in total. The van der Waals surface area contributed by atoms with E-state index in [1.54, 1.807) is 18.2 Å². The SMILES string of the molecule is N#Cc1ccc(NC(=O)CNNC(OC(F)(F)F)(C(=O)Nc2ccccc2)c2cccc(Cl)c2)cc1. The molecule has 0 heterocycles. The van der Waals surface area contributed by atoms with E-state index in [4.69, 9.17) is 16.9 Å². The van der Waals surface area contributed by atoms with Crippen molar-refractivity contribution in [2.24, 2.45) is 0 Å². The molecule has 0 radical (unpaired) electrons. The normalized spacial score (nSPS) is 12.8. The monoisotopic (exact) mass is 517 g/mol. The van der Waals surface area contributed by atoms with Crippen LogP contribution in [0.4, 0.5) is 24.5 Å². The van der Waals surface area contributed by atoms with Gasteiger partial charge in [0, 0.05) is 22.0 Å². The van der Waals surface area contributed by atoms with E-state index in [9.17, 15) is 22.8 Å². The summed E-state index contributed by atoms with van der Waals surface area (Å²) in [6.07, 6.45) is -5.27. The van der Waals surface area contributed by atoms with E-state index in [0.717, 1.165) is 6.07 Å². The molecule has 0 saturated carbocycles. The Hall–Kier alpha value is -3.95. The summed E-state index contributed by atoms with van der Waals surface area (Å²) in [4.78, 5) is 25.6. The van der Waals surface area contributed by atoms with Gasteiger partial charge in [0.05, 0.1) is 18.2 Å². The zero-order valence-corrected chi connectivity index (χ0v) is 19.2. The van der Waals surface area contributed by atoms with Crippen LogP contribution in [0.15, 0.2) is 78.9 Å². The summed E-state index contributed by atoms with van der Waals surface area (Å²) in [5.41, 5.74) is 2.36. The summed E-state index contributed by atoms with van der Waals surface area (Å²) in [7, 11) is 0. The van der Waals surface area contributed by atoms with Crippen molar-refractivity contribution < 1.29 is 27.5 Å². The summed E-state index contributed by atoms with van der Waals surface area (Å²) in [5, 5.41) is 13.8. The first-order valence-corrected chi connectivity index (χ1v) is 10.7. The number of anilines is 2. The molecule has 1 atom stereocenters. The number of halogens is 4. The first-order valence-electron chi connectivity index (χ1n) is 10.3. The van der Waals surface area contributed by atoms with Crippen LogP contribution in [-0.4, -0.2) is 24.7 Å². The minimum absolute atomic E-state index is 0.0514. The average molecular weight is 518 g/mol. The van der Waals surface area contributed by atoms with Crippen LogP contribution in [0.2, 0.25) is 5.02 Å². The summed E-state index contributed by atoms with van der Waals surface area (Å²) in [6.45, 7) is -0.553. The van der Waals surface area contributed by atoms with Gasteiger partial charge in [0.15, 0.2) is 0 Å². The fraction of sp³-hybridized carbons (Fsp3) is 0.125. The molecule has 3 aromatic rings. The van der Waals surface area contributed by atoms with Gasteiger partial charge in [-0.05, 0) is 48.5 Å². The fourth-order valence-corrected chi connectivity index (χ4v) is 3.28. The number of hydrogen-bond donors (Lipinski definition) is 4. The van der Waals surface area contributed by atoms with Crippen molar-refractivity contribution in [3.8, 4) is 6.07 Å². The maximum atomic E-state index is 13.6. The molecule has 8 nitrogen and oxygen atoms in total. The molecule has 0 saturated heterocycles. The number of carbonyl (C=O) groups excluding carboxylic acids is 2. The molecule has 0 spiro atoms. The summed E-state index contributed by atoms with van der Waals surface area (Å²) >= 11 is 5.98. The number of nitrogens with one attached hydrogen (secondary N) is 4. The van der Waals surface area contributed by atoms with Crippen molar-refractivity contribution >= 4 is 34.8 Å². The van der Waals surface area contributed by atoms with Gasteiger partial charge in [-0.25, -0.2) is 10.9 Å². The van der Waals surface area contributed by atoms with Crippen LogP contribution in [0, 0.1) is 11.3 Å². The van der Waals surface area contributed by atoms with Gasteiger partial charge in [-0.15, -0.1) is 13.2 Å². The molecule has 0 aliphatic heterocycles. The van der Waals surface area contributed by atoms with Crippen LogP contribution in [0.1, 0.15) is 11.1 Å². The van der Waals surface area contributed by atoms with Crippen LogP contribution < -0.4 is 21.5 Å². The zero-order chi connectivity index (χ0) is 26.2. The van der Waals surface area contributed by atoms with E-state index in [-0.39, 0.29) is 16.3 Å². The number of nitriles is 1. The van der Waals surface area contributed by atoms with Crippen LogP contribution in [0.3, 0.4) is 0 Å². The molecule has 3 aromatic carbocycles. The number of benzene rings is 3. The van der Waals surface area contributed by atoms with Crippen molar-refractivity contribution in [2.45, 2.75) is 12.1 Å². The Labute approximate surface area is 209 Å². The maximum absolute atomic E-state index is 13.6. The van der Waals surface area contributed by atoms with Crippen LogP contribution in [0.5, 0.6) is 0 Å². The third-order valence-electron chi connectivity index (χ3n) is 4.66. The van der Waals surface area contributed by atoms with Crippen LogP contribution >= 0.6 is 11.6 Å². The fourth-order valence-electron chi connectivity index (χ4n) is 3.09. The van der Waals surface area contributed by atoms with E-state index >= 15 is 0 Å². The highest BCUT2D eigenvalue weighted by Gasteiger charge is 2.51. The van der Waals surface area contributed by atoms with Gasteiger partial charge in [-0.1, -0.05) is 41.9 Å². The molecule has 36 heavy (non-hydrogen) atoms. The van der Waals surface area contributed by atoms with Gasteiger partial charge >= 0.3 is 6.36 Å². The first kappa shape index (κ1) is 26.7. The second-order valence-electron chi connectivity index (χ2n) is 7.28. The van der Waals surface area contributed by atoms with E-state index in [1.807, 2.05) is 6.07 Å². The number of hydrazine groups is 1. The number of hydrogen-bond acceptors (Lipinski definition) is 6. The van der Waals surface area contributed by atoms with Gasteiger partial charge in [0.1, 0.15) is 0 Å². The quantitative estimate of drug-likeness (QED) is 0.249. The Morgan fingerprint density at radius 2 is 1.58 bits per heavy atom. The molecular formula is C24H19ClF3N5O3. The van der Waals surface area contributed by atoms with Gasteiger partial charge < -0.3 is 10.6 Å². The van der Waals surface area contributed by atoms with E-state index < -0.39 is 30.4 Å². The molecule has 1 unspecified atom stereocenters. The van der Waals surface area contributed by atoms with Crippen molar-refractivity contribution in [3.05, 3.63) is 95.0 Å². The molecule has 0 aliphatic carbocycles. The summed E-state index contributed by atoms with van der Waals surface area (Å²) < 4.78 is 45.0. The third kappa shape index (κ3) is 7.27. The zero-order valence-electron chi connectivity index (χ0n) is 18.4. The minimum Gasteiger partial charge on any atom is -0.325 e. The summed E-state index contributed by atoms with van der Waals surface area (Å²) in [6, 6.07) is 20.8.